The van der Waals surface area contributed by atoms with Gasteiger partial charge in [-0.25, -0.2) is 4.39 Å². The molecule has 1 unspecified atom stereocenters. The summed E-state index contributed by atoms with van der Waals surface area (Å²) in [7, 11) is 0. The first-order valence-electron chi connectivity index (χ1n) is 6.08. The fourth-order valence-corrected chi connectivity index (χ4v) is 2.05. The molecule has 0 aliphatic heterocycles. The predicted octanol–water partition coefficient (Wildman–Crippen LogP) is 2.32. The Labute approximate surface area is 101 Å². The lowest BCUT2D eigenvalue weighted by molar-refractivity contribution is -0.0372. The Kier molecular flexibility index (Phi) is 4.48. The van der Waals surface area contributed by atoms with Crippen LogP contribution in [0.15, 0.2) is 24.3 Å². The van der Waals surface area contributed by atoms with Gasteiger partial charge in [0.05, 0.1) is 18.8 Å². The predicted molar refractivity (Wildman–Crippen MR) is 62.7 cm³/mol. The summed E-state index contributed by atoms with van der Waals surface area (Å²) in [5.41, 5.74) is 3.49. The number of hydrogen-bond acceptors (Lipinski definition) is 3. The van der Waals surface area contributed by atoms with Crippen molar-refractivity contribution in [2.75, 3.05) is 6.54 Å². The number of halogens is 1. The SMILES string of the molecule is OC(CNOC1CCCC1)c1ccc(F)cc1. The van der Waals surface area contributed by atoms with E-state index >= 15 is 0 Å². The molecule has 0 saturated heterocycles. The fraction of sp³-hybridized carbons (Fsp3) is 0.538. The maximum atomic E-state index is 12.7. The number of rotatable bonds is 5. The zero-order valence-corrected chi connectivity index (χ0v) is 9.73. The average molecular weight is 239 g/mol. The van der Waals surface area contributed by atoms with Gasteiger partial charge in [0.2, 0.25) is 0 Å². The second-order valence-electron chi connectivity index (χ2n) is 4.44. The van der Waals surface area contributed by atoms with Crippen LogP contribution in [-0.2, 0) is 4.84 Å². The number of nitrogens with one attached hydrogen (secondary N) is 1. The normalized spacial score (nSPS) is 18.5. The molecule has 0 amide bonds. The van der Waals surface area contributed by atoms with Crippen molar-refractivity contribution in [2.24, 2.45) is 0 Å². The van der Waals surface area contributed by atoms with Crippen LogP contribution in [0.4, 0.5) is 4.39 Å². The summed E-state index contributed by atoms with van der Waals surface area (Å²) in [6.07, 6.45) is 4.20. The molecular formula is C13H18FNO2. The molecule has 0 heterocycles. The van der Waals surface area contributed by atoms with E-state index in [1.54, 1.807) is 12.1 Å². The van der Waals surface area contributed by atoms with Crippen molar-refractivity contribution in [2.45, 2.75) is 37.9 Å². The molecule has 1 saturated carbocycles. The number of aliphatic hydroxyl groups is 1. The van der Waals surface area contributed by atoms with Crippen molar-refractivity contribution in [1.82, 2.24) is 5.48 Å². The quantitative estimate of drug-likeness (QED) is 0.775. The van der Waals surface area contributed by atoms with E-state index in [0.29, 0.717) is 12.1 Å². The second-order valence-corrected chi connectivity index (χ2v) is 4.44. The Morgan fingerprint density at radius 2 is 1.94 bits per heavy atom. The van der Waals surface area contributed by atoms with Crippen LogP contribution in [0.2, 0.25) is 0 Å². The molecule has 2 N–H and O–H groups in total. The summed E-state index contributed by atoms with van der Waals surface area (Å²) < 4.78 is 12.7. The van der Waals surface area contributed by atoms with Crippen molar-refractivity contribution in [3.05, 3.63) is 35.6 Å². The minimum atomic E-state index is -0.669. The molecule has 3 nitrogen and oxygen atoms in total. The second kappa shape index (κ2) is 6.10. The van der Waals surface area contributed by atoms with Crippen LogP contribution in [0, 0.1) is 5.82 Å². The Hall–Kier alpha value is -0.970. The number of hydroxylamine groups is 1. The number of hydrogen-bond donors (Lipinski definition) is 2. The van der Waals surface area contributed by atoms with E-state index in [1.807, 2.05) is 0 Å². The van der Waals surface area contributed by atoms with Crippen LogP contribution in [0.25, 0.3) is 0 Å². The topological polar surface area (TPSA) is 41.5 Å². The zero-order valence-electron chi connectivity index (χ0n) is 9.73. The number of aliphatic hydroxyl groups excluding tert-OH is 1. The Morgan fingerprint density at radius 1 is 1.29 bits per heavy atom. The van der Waals surface area contributed by atoms with Crippen molar-refractivity contribution in [1.29, 1.82) is 0 Å². The smallest absolute Gasteiger partial charge is 0.123 e. The summed E-state index contributed by atoms with van der Waals surface area (Å²) in [6, 6.07) is 5.85. The molecule has 0 spiro atoms. The van der Waals surface area contributed by atoms with Crippen molar-refractivity contribution >= 4 is 0 Å². The van der Waals surface area contributed by atoms with Gasteiger partial charge >= 0.3 is 0 Å². The largest absolute Gasteiger partial charge is 0.387 e. The average Bonchev–Trinajstić information content (AvgIpc) is 2.83. The molecule has 94 valence electrons. The highest BCUT2D eigenvalue weighted by Gasteiger charge is 2.16. The van der Waals surface area contributed by atoms with Gasteiger partial charge < -0.3 is 5.11 Å². The summed E-state index contributed by atoms with van der Waals surface area (Å²) in [5, 5.41) is 9.82. The van der Waals surface area contributed by atoms with Crippen LogP contribution < -0.4 is 5.48 Å². The van der Waals surface area contributed by atoms with E-state index in [4.69, 9.17) is 4.84 Å². The van der Waals surface area contributed by atoms with E-state index in [0.717, 1.165) is 12.8 Å². The first kappa shape index (κ1) is 12.5. The monoisotopic (exact) mass is 239 g/mol. The van der Waals surface area contributed by atoms with E-state index in [9.17, 15) is 9.50 Å². The van der Waals surface area contributed by atoms with Crippen molar-refractivity contribution < 1.29 is 14.3 Å². The highest BCUT2D eigenvalue weighted by atomic mass is 19.1. The van der Waals surface area contributed by atoms with Crippen molar-refractivity contribution in [3.63, 3.8) is 0 Å². The van der Waals surface area contributed by atoms with E-state index in [-0.39, 0.29) is 11.9 Å². The van der Waals surface area contributed by atoms with Gasteiger partial charge in [0.25, 0.3) is 0 Å². The Morgan fingerprint density at radius 3 is 2.59 bits per heavy atom. The molecule has 0 radical (unpaired) electrons. The van der Waals surface area contributed by atoms with Crippen LogP contribution in [-0.4, -0.2) is 17.8 Å². The van der Waals surface area contributed by atoms with Crippen LogP contribution in [0.1, 0.15) is 37.4 Å². The van der Waals surface area contributed by atoms with Gasteiger partial charge in [0, 0.05) is 0 Å². The Balaban J connectivity index is 1.72. The fourth-order valence-electron chi connectivity index (χ4n) is 2.05. The van der Waals surface area contributed by atoms with Gasteiger partial charge in [-0.1, -0.05) is 25.0 Å². The first-order chi connectivity index (χ1) is 8.25. The van der Waals surface area contributed by atoms with Crippen molar-refractivity contribution in [3.8, 4) is 0 Å². The minimum Gasteiger partial charge on any atom is -0.387 e. The molecule has 0 aromatic heterocycles. The van der Waals surface area contributed by atoms with Gasteiger partial charge in [-0.3, -0.25) is 4.84 Å². The number of benzene rings is 1. The standard InChI is InChI=1S/C13H18FNO2/c14-11-7-5-10(6-8-11)13(16)9-15-17-12-3-1-2-4-12/h5-8,12-13,15-16H,1-4,9H2. The molecule has 1 atom stereocenters. The lowest BCUT2D eigenvalue weighted by atomic mass is 10.1. The van der Waals surface area contributed by atoms with Gasteiger partial charge in [-0.05, 0) is 30.5 Å². The first-order valence-corrected chi connectivity index (χ1v) is 6.08. The zero-order chi connectivity index (χ0) is 12.1. The van der Waals surface area contributed by atoms with E-state index < -0.39 is 6.10 Å². The summed E-state index contributed by atoms with van der Waals surface area (Å²) in [5.74, 6) is -0.295. The molecular weight excluding hydrogens is 221 g/mol. The van der Waals surface area contributed by atoms with E-state index in [2.05, 4.69) is 5.48 Å². The molecule has 1 aliphatic rings. The lowest BCUT2D eigenvalue weighted by Gasteiger charge is -2.15. The highest BCUT2D eigenvalue weighted by Crippen LogP contribution is 2.20. The van der Waals surface area contributed by atoms with Crippen LogP contribution >= 0.6 is 0 Å². The molecule has 4 heteroatoms. The lowest BCUT2D eigenvalue weighted by Crippen LogP contribution is -2.26. The molecule has 0 bridgehead atoms. The molecule has 17 heavy (non-hydrogen) atoms. The van der Waals surface area contributed by atoms with Gasteiger partial charge in [0.15, 0.2) is 0 Å². The van der Waals surface area contributed by atoms with Gasteiger partial charge in [-0.15, -0.1) is 0 Å². The summed E-state index contributed by atoms with van der Waals surface area (Å²) >= 11 is 0. The molecule has 1 aromatic rings. The summed E-state index contributed by atoms with van der Waals surface area (Å²) in [4.78, 5) is 5.43. The third kappa shape index (κ3) is 3.77. The molecule has 2 rings (SSSR count). The Bertz CT molecular complexity index is 336. The third-order valence-corrected chi connectivity index (χ3v) is 3.08. The molecule has 1 fully saturated rings. The maximum Gasteiger partial charge on any atom is 0.123 e. The van der Waals surface area contributed by atoms with E-state index in [1.165, 1.54) is 25.0 Å². The van der Waals surface area contributed by atoms with Gasteiger partial charge in [-0.2, -0.15) is 5.48 Å². The molecule has 1 aliphatic carbocycles. The molecule has 1 aromatic carbocycles. The maximum absolute atomic E-state index is 12.7. The highest BCUT2D eigenvalue weighted by molar-refractivity contribution is 5.18. The summed E-state index contributed by atoms with van der Waals surface area (Å²) in [6.45, 7) is 0.322. The third-order valence-electron chi connectivity index (χ3n) is 3.08. The van der Waals surface area contributed by atoms with Crippen LogP contribution in [0.5, 0.6) is 0 Å². The van der Waals surface area contributed by atoms with Gasteiger partial charge in [0.1, 0.15) is 5.82 Å². The van der Waals surface area contributed by atoms with Crippen LogP contribution in [0.3, 0.4) is 0 Å². The minimum absolute atomic E-state index is 0.274.